The zero-order chi connectivity index (χ0) is 22.3. The molecule has 1 unspecified atom stereocenters. The quantitative estimate of drug-likeness (QED) is 0.378. The molecule has 4 heteroatoms. The summed E-state index contributed by atoms with van der Waals surface area (Å²) in [6, 6.07) is 10.1. The van der Waals surface area contributed by atoms with Crippen molar-refractivity contribution in [3.05, 3.63) is 52.6 Å². The van der Waals surface area contributed by atoms with Gasteiger partial charge in [-0.15, -0.1) is 0 Å². The summed E-state index contributed by atoms with van der Waals surface area (Å²) in [5, 5.41) is 0.944. The minimum Gasteiger partial charge on any atom is -0.493 e. The normalized spacial score (nSPS) is 11.6. The Kier molecular flexibility index (Phi) is 9.37. The second-order valence-corrected chi connectivity index (χ2v) is 10.2. The average molecular weight is 429 g/mol. The molecule has 2 aromatic rings. The van der Waals surface area contributed by atoms with Crippen molar-refractivity contribution >= 4 is 19.4 Å². The standard InChI is InChI=1S/C26H37O3P/c1-17(2)10-12-28-22-8-9-24(23(16-22)29-13-11-18(3)4)30-26(27)25-20(6)14-19(5)15-21(25)7/h8-9,14-18,30H,10-13H2,1-7H3. The highest BCUT2D eigenvalue weighted by Crippen LogP contribution is 2.30. The van der Waals surface area contributed by atoms with Gasteiger partial charge in [-0.3, -0.25) is 4.79 Å². The van der Waals surface area contributed by atoms with Crippen LogP contribution in [0.5, 0.6) is 11.5 Å². The lowest BCUT2D eigenvalue weighted by molar-refractivity contribution is 0.108. The molecule has 0 saturated heterocycles. The number of aryl methyl sites for hydroxylation is 3. The van der Waals surface area contributed by atoms with Crippen LogP contribution in [0.2, 0.25) is 0 Å². The van der Waals surface area contributed by atoms with Crippen LogP contribution in [0.15, 0.2) is 30.3 Å². The van der Waals surface area contributed by atoms with E-state index in [4.69, 9.17) is 9.47 Å². The van der Waals surface area contributed by atoms with Gasteiger partial charge in [0, 0.05) is 16.9 Å². The molecule has 0 saturated carbocycles. The fraction of sp³-hybridized carbons (Fsp3) is 0.500. The number of carbonyl (C=O) groups is 1. The summed E-state index contributed by atoms with van der Waals surface area (Å²) < 4.78 is 12.0. The highest BCUT2D eigenvalue weighted by Gasteiger charge is 2.17. The maximum atomic E-state index is 13.2. The molecule has 0 fully saturated rings. The van der Waals surface area contributed by atoms with Crippen LogP contribution in [0.25, 0.3) is 0 Å². The van der Waals surface area contributed by atoms with Gasteiger partial charge < -0.3 is 9.47 Å². The third-order valence-corrected chi connectivity index (χ3v) is 6.18. The lowest BCUT2D eigenvalue weighted by Gasteiger charge is -2.16. The molecular weight excluding hydrogens is 391 g/mol. The Labute approximate surface area is 184 Å². The Morgan fingerprint density at radius 2 is 1.43 bits per heavy atom. The van der Waals surface area contributed by atoms with E-state index in [-0.39, 0.29) is 14.1 Å². The molecule has 0 aliphatic rings. The van der Waals surface area contributed by atoms with Crippen LogP contribution >= 0.6 is 8.58 Å². The van der Waals surface area contributed by atoms with E-state index in [9.17, 15) is 4.79 Å². The smallest absolute Gasteiger partial charge is 0.186 e. The van der Waals surface area contributed by atoms with Crippen molar-refractivity contribution < 1.29 is 14.3 Å². The Hall–Kier alpha value is -1.86. The number of hydrogen-bond donors (Lipinski definition) is 0. The molecule has 0 radical (unpaired) electrons. The number of ether oxygens (including phenoxy) is 2. The fourth-order valence-corrected chi connectivity index (χ4v) is 4.55. The molecule has 0 bridgehead atoms. The lowest BCUT2D eigenvalue weighted by atomic mass is 10.0. The van der Waals surface area contributed by atoms with Gasteiger partial charge >= 0.3 is 0 Å². The van der Waals surface area contributed by atoms with Crippen LogP contribution in [-0.4, -0.2) is 18.7 Å². The van der Waals surface area contributed by atoms with E-state index in [1.807, 2.05) is 32.0 Å². The first-order valence-corrected chi connectivity index (χ1v) is 12.0. The van der Waals surface area contributed by atoms with E-state index >= 15 is 0 Å². The van der Waals surface area contributed by atoms with Gasteiger partial charge in [-0.05, 0) is 77.3 Å². The first kappa shape index (κ1) is 24.4. The van der Waals surface area contributed by atoms with Crippen LogP contribution in [0.1, 0.15) is 67.6 Å². The molecule has 2 aromatic carbocycles. The molecule has 2 rings (SSSR count). The Morgan fingerprint density at radius 1 is 0.867 bits per heavy atom. The van der Waals surface area contributed by atoms with Crippen LogP contribution in [0, 0.1) is 32.6 Å². The summed E-state index contributed by atoms with van der Waals surface area (Å²) in [4.78, 5) is 13.2. The molecule has 0 amide bonds. The van der Waals surface area contributed by atoms with E-state index in [1.54, 1.807) is 0 Å². The number of benzene rings is 2. The summed E-state index contributed by atoms with van der Waals surface area (Å²) in [7, 11) is 0.0251. The van der Waals surface area contributed by atoms with Gasteiger partial charge in [0.1, 0.15) is 11.5 Å². The predicted molar refractivity (Wildman–Crippen MR) is 129 cm³/mol. The Balaban J connectivity index is 2.22. The molecule has 30 heavy (non-hydrogen) atoms. The van der Waals surface area contributed by atoms with Crippen molar-refractivity contribution in [3.63, 3.8) is 0 Å². The van der Waals surface area contributed by atoms with Crippen LogP contribution in [0.3, 0.4) is 0 Å². The maximum Gasteiger partial charge on any atom is 0.186 e. The van der Waals surface area contributed by atoms with E-state index < -0.39 is 0 Å². The second kappa shape index (κ2) is 11.5. The van der Waals surface area contributed by atoms with Gasteiger partial charge in [-0.2, -0.15) is 0 Å². The van der Waals surface area contributed by atoms with Crippen molar-refractivity contribution in [1.82, 2.24) is 0 Å². The molecular formula is C26H37O3P. The molecule has 0 N–H and O–H groups in total. The predicted octanol–water partition coefficient (Wildman–Crippen LogP) is 6.61. The molecule has 0 heterocycles. The zero-order valence-electron chi connectivity index (χ0n) is 19.6. The SMILES string of the molecule is Cc1cc(C)c(C(=O)Pc2ccc(OCCC(C)C)cc2OCCC(C)C)c(C)c1. The third kappa shape index (κ3) is 7.43. The van der Waals surface area contributed by atoms with Crippen LogP contribution in [0.4, 0.5) is 0 Å². The highest BCUT2D eigenvalue weighted by molar-refractivity contribution is 7.66. The lowest BCUT2D eigenvalue weighted by Crippen LogP contribution is -2.11. The van der Waals surface area contributed by atoms with Crippen molar-refractivity contribution in [2.45, 2.75) is 61.3 Å². The molecule has 0 aromatic heterocycles. The summed E-state index contributed by atoms with van der Waals surface area (Å²) in [5.41, 5.74) is 4.27. The zero-order valence-corrected chi connectivity index (χ0v) is 20.6. The van der Waals surface area contributed by atoms with Gasteiger partial charge in [0.15, 0.2) is 5.52 Å². The van der Waals surface area contributed by atoms with Crippen molar-refractivity contribution in [2.24, 2.45) is 11.8 Å². The summed E-state index contributed by atoms with van der Waals surface area (Å²) in [5.74, 6) is 2.75. The van der Waals surface area contributed by atoms with Crippen molar-refractivity contribution in [2.75, 3.05) is 13.2 Å². The Morgan fingerprint density at radius 3 is 2.00 bits per heavy atom. The van der Waals surface area contributed by atoms with E-state index in [2.05, 4.69) is 46.8 Å². The first-order chi connectivity index (χ1) is 14.2. The first-order valence-electron chi connectivity index (χ1n) is 11.0. The summed E-state index contributed by atoms with van der Waals surface area (Å²) in [6.07, 6.45) is 1.99. The van der Waals surface area contributed by atoms with Gasteiger partial charge in [0.2, 0.25) is 0 Å². The highest BCUT2D eigenvalue weighted by atomic mass is 31.1. The molecule has 0 aliphatic heterocycles. The van der Waals surface area contributed by atoms with Crippen molar-refractivity contribution in [1.29, 1.82) is 0 Å². The molecule has 164 valence electrons. The summed E-state index contributed by atoms with van der Waals surface area (Å²) in [6.45, 7) is 16.2. The molecule has 1 atom stereocenters. The van der Waals surface area contributed by atoms with E-state index in [0.29, 0.717) is 25.0 Å². The van der Waals surface area contributed by atoms with E-state index in [1.165, 1.54) is 5.56 Å². The minimum atomic E-state index is 0.0251. The topological polar surface area (TPSA) is 35.5 Å². The minimum absolute atomic E-state index is 0.0251. The van der Waals surface area contributed by atoms with Gasteiger partial charge in [-0.25, -0.2) is 0 Å². The van der Waals surface area contributed by atoms with Crippen molar-refractivity contribution in [3.8, 4) is 11.5 Å². The fourth-order valence-electron chi connectivity index (χ4n) is 3.36. The van der Waals surface area contributed by atoms with Crippen LogP contribution in [-0.2, 0) is 0 Å². The average Bonchev–Trinajstić information content (AvgIpc) is 2.62. The van der Waals surface area contributed by atoms with E-state index in [0.717, 1.165) is 46.3 Å². The molecule has 3 nitrogen and oxygen atoms in total. The number of rotatable bonds is 11. The largest absolute Gasteiger partial charge is 0.493 e. The van der Waals surface area contributed by atoms with Gasteiger partial charge in [-0.1, -0.05) is 45.4 Å². The maximum absolute atomic E-state index is 13.2. The van der Waals surface area contributed by atoms with Gasteiger partial charge in [0.25, 0.3) is 0 Å². The third-order valence-electron chi connectivity index (χ3n) is 5.02. The Bertz CT molecular complexity index is 832. The molecule has 0 spiro atoms. The number of hydrogen-bond acceptors (Lipinski definition) is 3. The second-order valence-electron chi connectivity index (χ2n) is 8.95. The summed E-state index contributed by atoms with van der Waals surface area (Å²) >= 11 is 0. The van der Waals surface area contributed by atoms with Crippen LogP contribution < -0.4 is 14.8 Å². The monoisotopic (exact) mass is 428 g/mol. The van der Waals surface area contributed by atoms with Gasteiger partial charge in [0.05, 0.1) is 13.2 Å². The molecule has 0 aliphatic carbocycles. The number of carbonyl (C=O) groups excluding carboxylic acids is 1.